The Morgan fingerprint density at radius 1 is 0.852 bits per heavy atom. The molecule has 0 aliphatic heterocycles. The monoisotopic (exact) mass is 368 g/mol. The Morgan fingerprint density at radius 2 is 1.56 bits per heavy atom. The fourth-order valence-corrected chi connectivity index (χ4v) is 3.55. The van der Waals surface area contributed by atoms with Crippen molar-refractivity contribution >= 4 is 0 Å². The predicted octanol–water partition coefficient (Wildman–Crippen LogP) is 6.39. The quantitative estimate of drug-likeness (QED) is 0.440. The first-order valence-corrected chi connectivity index (χ1v) is 10.5. The average Bonchev–Trinajstić information content (AvgIpc) is 2.68. The lowest BCUT2D eigenvalue weighted by atomic mass is 9.89. The van der Waals surface area contributed by atoms with Gasteiger partial charge in [0, 0.05) is 0 Å². The molecule has 27 heavy (non-hydrogen) atoms. The molecule has 0 heterocycles. The SMILES string of the molecule is CCCCC[C@H](CCCOc1ccc(CO)cc1)Cc1ccc(C)c(C)c1. The van der Waals surface area contributed by atoms with E-state index < -0.39 is 0 Å². The number of ether oxygens (including phenoxy) is 1. The summed E-state index contributed by atoms with van der Waals surface area (Å²) in [6.45, 7) is 7.51. The van der Waals surface area contributed by atoms with Gasteiger partial charge in [-0.2, -0.15) is 0 Å². The van der Waals surface area contributed by atoms with Crippen LogP contribution < -0.4 is 4.74 Å². The summed E-state index contributed by atoms with van der Waals surface area (Å²) in [5.74, 6) is 1.63. The van der Waals surface area contributed by atoms with E-state index >= 15 is 0 Å². The second kappa shape index (κ2) is 11.8. The molecule has 0 aliphatic rings. The van der Waals surface area contributed by atoms with Gasteiger partial charge in [-0.15, -0.1) is 0 Å². The molecule has 2 aromatic rings. The highest BCUT2D eigenvalue weighted by Crippen LogP contribution is 2.23. The molecule has 0 unspecified atom stereocenters. The highest BCUT2D eigenvalue weighted by Gasteiger charge is 2.11. The largest absolute Gasteiger partial charge is 0.494 e. The Kier molecular flexibility index (Phi) is 9.41. The summed E-state index contributed by atoms with van der Waals surface area (Å²) < 4.78 is 5.88. The van der Waals surface area contributed by atoms with E-state index in [9.17, 15) is 0 Å². The van der Waals surface area contributed by atoms with Crippen molar-refractivity contribution in [3.05, 3.63) is 64.7 Å². The Morgan fingerprint density at radius 3 is 2.22 bits per heavy atom. The molecule has 0 fully saturated rings. The standard InChI is InChI=1S/C25H36O2/c1-4-5-6-8-22(18-24-11-10-20(2)21(3)17-24)9-7-16-27-25-14-12-23(19-26)13-15-25/h10-15,17,22,26H,4-9,16,18-19H2,1-3H3/t22-/m1/s1. The lowest BCUT2D eigenvalue weighted by molar-refractivity contribution is 0.279. The zero-order chi connectivity index (χ0) is 19.5. The first-order valence-electron chi connectivity index (χ1n) is 10.5. The number of hydrogen-bond acceptors (Lipinski definition) is 2. The molecule has 0 amide bonds. The molecule has 2 aromatic carbocycles. The molecule has 0 saturated heterocycles. The van der Waals surface area contributed by atoms with Crippen LogP contribution in [0.4, 0.5) is 0 Å². The lowest BCUT2D eigenvalue weighted by Crippen LogP contribution is -2.08. The van der Waals surface area contributed by atoms with Gasteiger partial charge < -0.3 is 9.84 Å². The molecule has 2 nitrogen and oxygen atoms in total. The third-order valence-corrected chi connectivity index (χ3v) is 5.44. The molecule has 0 saturated carbocycles. The van der Waals surface area contributed by atoms with Gasteiger partial charge in [0.05, 0.1) is 13.2 Å². The number of unbranched alkanes of at least 4 members (excludes halogenated alkanes) is 2. The van der Waals surface area contributed by atoms with E-state index in [1.165, 1.54) is 55.2 Å². The van der Waals surface area contributed by atoms with Gasteiger partial charge in [-0.05, 0) is 73.4 Å². The predicted molar refractivity (Wildman–Crippen MR) is 114 cm³/mol. The molecular formula is C25H36O2. The number of aryl methyl sites for hydroxylation is 2. The minimum absolute atomic E-state index is 0.0816. The van der Waals surface area contributed by atoms with Crippen LogP contribution in [0.25, 0.3) is 0 Å². The van der Waals surface area contributed by atoms with Crippen LogP contribution in [0, 0.1) is 19.8 Å². The summed E-state index contributed by atoms with van der Waals surface area (Å²) in [6.07, 6.45) is 8.73. The number of benzene rings is 2. The minimum Gasteiger partial charge on any atom is -0.494 e. The van der Waals surface area contributed by atoms with Crippen molar-refractivity contribution in [3.63, 3.8) is 0 Å². The first kappa shape index (κ1) is 21.5. The maximum atomic E-state index is 9.10. The zero-order valence-corrected chi connectivity index (χ0v) is 17.3. The summed E-state index contributed by atoms with van der Waals surface area (Å²) >= 11 is 0. The smallest absolute Gasteiger partial charge is 0.119 e. The Hall–Kier alpha value is -1.80. The summed E-state index contributed by atoms with van der Waals surface area (Å²) in [6, 6.07) is 14.6. The summed E-state index contributed by atoms with van der Waals surface area (Å²) in [5.41, 5.74) is 5.17. The van der Waals surface area contributed by atoms with Crippen molar-refractivity contribution in [3.8, 4) is 5.75 Å². The number of aliphatic hydroxyl groups excluding tert-OH is 1. The van der Waals surface area contributed by atoms with Crippen LogP contribution in [-0.2, 0) is 13.0 Å². The molecule has 0 bridgehead atoms. The van der Waals surface area contributed by atoms with Crippen molar-refractivity contribution in [1.82, 2.24) is 0 Å². The van der Waals surface area contributed by atoms with Crippen molar-refractivity contribution in [2.75, 3.05) is 6.61 Å². The zero-order valence-electron chi connectivity index (χ0n) is 17.3. The Labute approximate surface area is 165 Å². The summed E-state index contributed by atoms with van der Waals surface area (Å²) in [7, 11) is 0. The van der Waals surface area contributed by atoms with E-state index in [1.807, 2.05) is 24.3 Å². The number of hydrogen-bond donors (Lipinski definition) is 1. The summed E-state index contributed by atoms with van der Waals surface area (Å²) in [4.78, 5) is 0. The third kappa shape index (κ3) is 7.76. The molecule has 2 rings (SSSR count). The first-order chi connectivity index (χ1) is 13.1. The molecule has 0 aliphatic carbocycles. The van der Waals surface area contributed by atoms with Crippen molar-refractivity contribution in [2.45, 2.75) is 72.3 Å². The molecule has 0 aromatic heterocycles. The average molecular weight is 369 g/mol. The van der Waals surface area contributed by atoms with Crippen LogP contribution in [0.5, 0.6) is 5.75 Å². The second-order valence-electron chi connectivity index (χ2n) is 7.78. The molecule has 0 spiro atoms. The molecule has 2 heteroatoms. The van der Waals surface area contributed by atoms with E-state index in [2.05, 4.69) is 39.0 Å². The molecule has 0 radical (unpaired) electrons. The second-order valence-corrected chi connectivity index (χ2v) is 7.78. The topological polar surface area (TPSA) is 29.5 Å². The van der Waals surface area contributed by atoms with Crippen molar-refractivity contribution in [1.29, 1.82) is 0 Å². The van der Waals surface area contributed by atoms with Crippen LogP contribution in [0.3, 0.4) is 0 Å². The Bertz CT molecular complexity index is 661. The van der Waals surface area contributed by atoms with Gasteiger partial charge in [0.15, 0.2) is 0 Å². The molecular weight excluding hydrogens is 332 g/mol. The normalized spacial score (nSPS) is 12.1. The lowest BCUT2D eigenvalue weighted by Gasteiger charge is -2.18. The van der Waals surface area contributed by atoms with Crippen LogP contribution in [0.15, 0.2) is 42.5 Å². The van der Waals surface area contributed by atoms with Crippen LogP contribution in [0.2, 0.25) is 0 Å². The van der Waals surface area contributed by atoms with E-state index in [0.717, 1.165) is 30.3 Å². The Balaban J connectivity index is 1.82. The van der Waals surface area contributed by atoms with Gasteiger partial charge in [-0.1, -0.05) is 62.9 Å². The van der Waals surface area contributed by atoms with Crippen LogP contribution in [-0.4, -0.2) is 11.7 Å². The molecule has 1 N–H and O–H groups in total. The van der Waals surface area contributed by atoms with Crippen molar-refractivity contribution < 1.29 is 9.84 Å². The van der Waals surface area contributed by atoms with Crippen LogP contribution >= 0.6 is 0 Å². The van der Waals surface area contributed by atoms with Gasteiger partial charge >= 0.3 is 0 Å². The fourth-order valence-electron chi connectivity index (χ4n) is 3.55. The highest BCUT2D eigenvalue weighted by atomic mass is 16.5. The minimum atomic E-state index is 0.0816. The molecule has 148 valence electrons. The van der Waals surface area contributed by atoms with E-state index in [1.54, 1.807) is 0 Å². The number of aliphatic hydroxyl groups is 1. The molecule has 1 atom stereocenters. The van der Waals surface area contributed by atoms with Gasteiger partial charge in [0.2, 0.25) is 0 Å². The van der Waals surface area contributed by atoms with E-state index in [-0.39, 0.29) is 6.61 Å². The van der Waals surface area contributed by atoms with Crippen LogP contribution in [0.1, 0.15) is 67.7 Å². The van der Waals surface area contributed by atoms with E-state index in [0.29, 0.717) is 0 Å². The highest BCUT2D eigenvalue weighted by molar-refractivity contribution is 5.30. The van der Waals surface area contributed by atoms with Crippen molar-refractivity contribution in [2.24, 2.45) is 5.92 Å². The van der Waals surface area contributed by atoms with Gasteiger partial charge in [-0.3, -0.25) is 0 Å². The van der Waals surface area contributed by atoms with Gasteiger partial charge in [0.1, 0.15) is 5.75 Å². The van der Waals surface area contributed by atoms with Gasteiger partial charge in [-0.25, -0.2) is 0 Å². The van der Waals surface area contributed by atoms with E-state index in [4.69, 9.17) is 9.84 Å². The third-order valence-electron chi connectivity index (χ3n) is 5.44. The maximum absolute atomic E-state index is 9.10. The summed E-state index contributed by atoms with van der Waals surface area (Å²) in [5, 5.41) is 9.10. The number of rotatable bonds is 12. The maximum Gasteiger partial charge on any atom is 0.119 e. The fraction of sp³-hybridized carbons (Fsp3) is 0.520. The van der Waals surface area contributed by atoms with Gasteiger partial charge in [0.25, 0.3) is 0 Å².